The normalized spacial score (nSPS) is 14.7. The van der Waals surface area contributed by atoms with Crippen molar-refractivity contribution in [2.24, 2.45) is 5.92 Å². The van der Waals surface area contributed by atoms with Crippen LogP contribution >= 0.6 is 0 Å². The number of ether oxygens (including phenoxy) is 7. The van der Waals surface area contributed by atoms with Gasteiger partial charge in [-0.05, 0) is 101 Å². The second-order valence-corrected chi connectivity index (χ2v) is 34.8. The van der Waals surface area contributed by atoms with Crippen LogP contribution < -0.4 is 32.1 Å². The summed E-state index contributed by atoms with van der Waals surface area (Å²) in [5.41, 5.74) is 1.25. The van der Waals surface area contributed by atoms with Crippen molar-refractivity contribution in [1.29, 1.82) is 0 Å². The average molecular weight is 1890 g/mol. The van der Waals surface area contributed by atoms with Crippen LogP contribution in [-0.4, -0.2) is 363 Å². The Labute approximate surface area is 783 Å². The summed E-state index contributed by atoms with van der Waals surface area (Å²) in [6.07, 6.45) is -0.0312. The fraction of sp³-hybridized carbons (Fsp3) is 0.587. The molecule has 0 unspecified atom stereocenters. The van der Waals surface area contributed by atoms with E-state index < -0.39 is 200 Å². The first-order valence-electron chi connectivity index (χ1n) is 45.0. The SMILES string of the molecule is CCc1c2c(nc3ccccc13)-c1cc3c(c(=O)n1C2)COC(=O)[C@@]3(CC)OC(=O)[C@@H](NC(=O)[C@@H]1CCCN1C(=O)[C@H](CC(=O)O)NC(=O)CCOCCOCCOCCNC(=O)[C@H](CCCCNC(=O)CCCC(=O)N(C)CC(=O)N(C)CC(=O)N(C)CC(=O)N(C)CC(=O)N(C)CC(=O)N(C)CC(=O)N(C)CC(=O)N(C)CC(=O)OCc1ccccc1)NC(=O)OC(C)(C)C)C(C)C. The van der Waals surface area contributed by atoms with Crippen LogP contribution in [0.15, 0.2) is 65.5 Å². The third-order valence-electron chi connectivity index (χ3n) is 22.8. The highest BCUT2D eigenvalue weighted by Crippen LogP contribution is 2.43. The average Bonchev–Trinajstić information content (AvgIpc) is 1.59. The van der Waals surface area contributed by atoms with Crippen molar-refractivity contribution in [1.82, 2.24) is 80.2 Å². The van der Waals surface area contributed by atoms with Gasteiger partial charge in [0.2, 0.25) is 82.4 Å². The van der Waals surface area contributed by atoms with E-state index in [1.54, 1.807) is 76.4 Å². The first kappa shape index (κ1) is 109. The van der Waals surface area contributed by atoms with E-state index in [4.69, 9.17) is 38.1 Å². The van der Waals surface area contributed by atoms with Gasteiger partial charge in [-0.3, -0.25) is 76.7 Å². The molecule has 7 rings (SSSR count). The van der Waals surface area contributed by atoms with Gasteiger partial charge in [0.05, 0.1) is 121 Å². The molecule has 135 heavy (non-hydrogen) atoms. The molecule has 5 atom stereocenters. The van der Waals surface area contributed by atoms with Gasteiger partial charge in [0, 0.05) is 112 Å². The van der Waals surface area contributed by atoms with Gasteiger partial charge in [-0.25, -0.2) is 19.4 Å². The van der Waals surface area contributed by atoms with Crippen molar-refractivity contribution in [3.63, 3.8) is 0 Å². The lowest BCUT2D eigenvalue weighted by atomic mass is 9.85. The van der Waals surface area contributed by atoms with E-state index in [-0.39, 0.29) is 148 Å². The molecule has 2 aromatic heterocycles. The number of pyridine rings is 2. The molecule has 0 spiro atoms. The number of esters is 3. The smallest absolute Gasteiger partial charge is 0.408 e. The van der Waals surface area contributed by atoms with Gasteiger partial charge < -0.3 is 114 Å². The molecule has 5 heterocycles. The lowest BCUT2D eigenvalue weighted by molar-refractivity contribution is -0.191. The number of rotatable bonds is 52. The number of carbonyl (C=O) groups excluding carboxylic acids is 17. The lowest BCUT2D eigenvalue weighted by Gasteiger charge is -2.37. The maximum atomic E-state index is 14.5. The first-order chi connectivity index (χ1) is 63.9. The summed E-state index contributed by atoms with van der Waals surface area (Å²) in [7, 11) is 10.7. The minimum absolute atomic E-state index is 0.0180. The molecule has 4 aromatic rings. The van der Waals surface area contributed by atoms with E-state index in [1.165, 1.54) is 56.4 Å². The van der Waals surface area contributed by atoms with Crippen LogP contribution in [0.25, 0.3) is 22.3 Å². The Balaban J connectivity index is 0.727. The number of aryl methyl sites for hydroxylation is 1. The highest BCUT2D eigenvalue weighted by molar-refractivity contribution is 5.98. The van der Waals surface area contributed by atoms with Crippen molar-refractivity contribution >= 4 is 118 Å². The van der Waals surface area contributed by atoms with E-state index in [2.05, 4.69) is 26.6 Å². The van der Waals surface area contributed by atoms with Crippen molar-refractivity contribution < 1.29 is 125 Å². The fourth-order valence-corrected chi connectivity index (χ4v) is 14.9. The number of nitrogens with one attached hydrogen (secondary N) is 5. The number of hydrogen-bond acceptors (Lipinski definition) is 27. The van der Waals surface area contributed by atoms with Crippen LogP contribution in [0.5, 0.6) is 0 Å². The Kier molecular flexibility index (Phi) is 42.0. The molecule has 2 aromatic carbocycles. The van der Waals surface area contributed by atoms with Crippen LogP contribution in [-0.2, 0) is 146 Å². The second kappa shape index (κ2) is 52.0. The summed E-state index contributed by atoms with van der Waals surface area (Å²) in [6, 6.07) is 13.1. The van der Waals surface area contributed by atoms with Gasteiger partial charge in [-0.15, -0.1) is 0 Å². The van der Waals surface area contributed by atoms with Gasteiger partial charge in [-0.2, -0.15) is 0 Å². The summed E-state index contributed by atoms with van der Waals surface area (Å²) in [5, 5.41) is 24.1. The predicted octanol–water partition coefficient (Wildman–Crippen LogP) is 0.601. The molecule has 0 saturated carbocycles. The second-order valence-electron chi connectivity index (χ2n) is 34.8. The van der Waals surface area contributed by atoms with E-state index in [0.29, 0.717) is 37.1 Å². The van der Waals surface area contributed by atoms with E-state index in [9.17, 15) is 96.2 Å². The number of amides is 14. The Morgan fingerprint density at radius 1 is 0.585 bits per heavy atom. The van der Waals surface area contributed by atoms with Crippen LogP contribution in [0, 0.1) is 5.92 Å². The molecule has 3 aliphatic rings. The molecule has 0 bridgehead atoms. The number of aliphatic carboxylic acids is 1. The van der Waals surface area contributed by atoms with Gasteiger partial charge in [0.15, 0.2) is 0 Å². The number of likely N-dealkylation sites (N-methyl/N-ethyl adjacent to an activating group) is 8. The zero-order valence-corrected chi connectivity index (χ0v) is 79.8. The lowest BCUT2D eigenvalue weighted by Crippen LogP contribution is -2.57. The van der Waals surface area contributed by atoms with Crippen molar-refractivity contribution in [2.45, 2.75) is 181 Å². The predicted molar refractivity (Wildman–Crippen MR) is 485 cm³/mol. The Morgan fingerprint density at radius 2 is 1.12 bits per heavy atom. The molecule has 43 nitrogen and oxygen atoms in total. The molecule has 0 radical (unpaired) electrons. The molecule has 740 valence electrons. The maximum absolute atomic E-state index is 14.5. The number of carboxylic acids is 1. The van der Waals surface area contributed by atoms with Gasteiger partial charge in [0.1, 0.15) is 49.5 Å². The quantitative estimate of drug-likeness (QED) is 0.0176. The molecule has 6 N–H and O–H groups in total. The van der Waals surface area contributed by atoms with E-state index >= 15 is 0 Å². The third-order valence-corrected chi connectivity index (χ3v) is 22.8. The zero-order valence-electron chi connectivity index (χ0n) is 79.8. The van der Waals surface area contributed by atoms with Crippen LogP contribution in [0.4, 0.5) is 4.79 Å². The van der Waals surface area contributed by atoms with Gasteiger partial charge in [-0.1, -0.05) is 76.2 Å². The Bertz CT molecular complexity index is 5000. The fourth-order valence-electron chi connectivity index (χ4n) is 14.9. The van der Waals surface area contributed by atoms with E-state index in [1.807, 2.05) is 37.3 Å². The topological polar surface area (TPSA) is 516 Å². The van der Waals surface area contributed by atoms with Crippen LogP contribution in [0.3, 0.4) is 0 Å². The minimum atomic E-state index is -2.10. The van der Waals surface area contributed by atoms with Crippen LogP contribution in [0.2, 0.25) is 0 Å². The number of cyclic esters (lactones) is 1. The zero-order chi connectivity index (χ0) is 99.7. The number of nitrogens with zero attached hydrogens (tertiary/aromatic N) is 11. The summed E-state index contributed by atoms with van der Waals surface area (Å²) < 4.78 is 40.7. The number of likely N-dealkylation sites (tertiary alicyclic amines) is 1. The Morgan fingerprint density at radius 3 is 1.66 bits per heavy atom. The van der Waals surface area contributed by atoms with Crippen molar-refractivity contribution in [3.8, 4) is 11.4 Å². The molecule has 14 amide bonds. The Hall–Kier alpha value is -13.1. The number of carbonyl (C=O) groups is 18. The molecule has 1 fully saturated rings. The number of para-hydroxylation sites is 1. The summed E-state index contributed by atoms with van der Waals surface area (Å²) >= 11 is 0. The molecular formula is C92H130N16O27. The highest BCUT2D eigenvalue weighted by Gasteiger charge is 2.52. The number of fused-ring (bicyclic) bond motifs is 5. The molecule has 1 saturated heterocycles. The number of carboxylic acid groups (broad SMARTS) is 1. The number of unbranched alkanes of at least 4 members (excludes halogenated alkanes) is 1. The number of hydrogen-bond donors (Lipinski definition) is 6. The monoisotopic (exact) mass is 1890 g/mol. The maximum Gasteiger partial charge on any atom is 0.408 e. The third kappa shape index (κ3) is 32.4. The van der Waals surface area contributed by atoms with Gasteiger partial charge in [0.25, 0.3) is 5.56 Å². The highest BCUT2D eigenvalue weighted by atomic mass is 16.6. The standard InChI is InChI=1S/C92H130N16O27/c1-16-60-61-29-21-22-30-65(61)96-83-62(60)47-108-69(83)45-64-63(86(108)124)57-133-89(127)92(64,17-2)134-88(126)82(58(3)4)98-85(123)68-32-26-38-107(68)87(125)67(46-80(119)120)95-71(110)35-39-129-41-43-131-44-42-130-40-37-94-84(122)66(97-90(128)135-91(5,6)7)31-23-24-36-93-70(109)33-25-34-72(111)99(8)48-73(112)100(9)49-74(113)101(10)50-75(114)102(11)51-76(115)103(12)52-77(116)104(13)53-78(117)105(14)54-79(118)106(15)55-81(121)132-56-59-27-19-18-20-28-59/h18-22,27-30,45,58,66-68,82H,16-17,23-26,31-44,46-57H2,1-15H3,(H,93,109)(H,94,122)(H,95,110)(H,97,128)(H,98,123)(H,119,120)/t66-,67-,68-,82-,92-/m0/s1. The molecule has 43 heteroatoms. The van der Waals surface area contributed by atoms with Crippen LogP contribution in [0.1, 0.15) is 147 Å². The summed E-state index contributed by atoms with van der Waals surface area (Å²) in [6.45, 7) is 8.77. The largest absolute Gasteiger partial charge is 0.481 e. The molecular weight excluding hydrogens is 1760 g/mol. The molecule has 0 aliphatic carbocycles. The first-order valence-corrected chi connectivity index (χ1v) is 45.0. The number of benzene rings is 2. The number of alkyl carbamates (subject to hydrolysis) is 1. The summed E-state index contributed by atoms with van der Waals surface area (Å²) in [4.78, 5) is 267. The summed E-state index contributed by atoms with van der Waals surface area (Å²) in [5.74, 6) is -12.6. The minimum Gasteiger partial charge on any atom is -0.481 e. The van der Waals surface area contributed by atoms with Gasteiger partial charge >= 0.3 is 30.0 Å². The molecule has 3 aliphatic heterocycles. The number of aromatic nitrogens is 2. The van der Waals surface area contributed by atoms with Crippen molar-refractivity contribution in [2.75, 3.05) is 168 Å². The van der Waals surface area contributed by atoms with Crippen molar-refractivity contribution in [3.05, 3.63) is 98.8 Å². The van der Waals surface area contributed by atoms with E-state index in [0.717, 1.165) is 71.7 Å².